The molecule has 1 aromatic carbocycles. The number of nitrogens with two attached hydrogens (primary N) is 2. The van der Waals surface area contributed by atoms with Gasteiger partial charge < -0.3 is 20.9 Å². The van der Waals surface area contributed by atoms with Crippen molar-refractivity contribution >= 4 is 5.82 Å². The summed E-state index contributed by atoms with van der Waals surface area (Å²) < 4.78 is 11.6. The minimum atomic E-state index is 0.0403. The molecule has 0 spiro atoms. The molecule has 5 nitrogen and oxygen atoms in total. The lowest BCUT2D eigenvalue weighted by atomic mass is 9.98. The molecule has 0 radical (unpaired) electrons. The second-order valence-corrected chi connectivity index (χ2v) is 6.37. The molecule has 1 atom stereocenters. The van der Waals surface area contributed by atoms with Gasteiger partial charge in [0.2, 0.25) is 0 Å². The number of aromatic nitrogens is 1. The van der Waals surface area contributed by atoms with Gasteiger partial charge in [0, 0.05) is 29.4 Å². The summed E-state index contributed by atoms with van der Waals surface area (Å²) >= 11 is 0. The Morgan fingerprint density at radius 1 is 1.26 bits per heavy atom. The molecule has 4 N–H and O–H groups in total. The predicted molar refractivity (Wildman–Crippen MR) is 91.3 cm³/mol. The molecule has 0 saturated carbocycles. The Morgan fingerprint density at radius 2 is 2.09 bits per heavy atom. The second-order valence-electron chi connectivity index (χ2n) is 6.37. The number of nitrogen functional groups attached to an aromatic ring is 1. The zero-order chi connectivity index (χ0) is 16.4. The van der Waals surface area contributed by atoms with Crippen molar-refractivity contribution in [1.82, 2.24) is 4.98 Å². The van der Waals surface area contributed by atoms with Crippen LogP contribution in [0.15, 0.2) is 30.5 Å². The first-order valence-electron chi connectivity index (χ1n) is 7.93. The van der Waals surface area contributed by atoms with Crippen molar-refractivity contribution in [2.45, 2.75) is 32.9 Å². The molecular formula is C18H23N3O2. The predicted octanol–water partition coefficient (Wildman–Crippen LogP) is 2.98. The van der Waals surface area contributed by atoms with Gasteiger partial charge in [-0.3, -0.25) is 0 Å². The normalized spacial score (nSPS) is 13.9. The van der Waals surface area contributed by atoms with Crippen molar-refractivity contribution in [3.05, 3.63) is 36.0 Å². The van der Waals surface area contributed by atoms with E-state index in [1.807, 2.05) is 24.3 Å². The molecule has 0 bridgehead atoms. The minimum Gasteiger partial charge on any atom is -0.492 e. The summed E-state index contributed by atoms with van der Waals surface area (Å²) in [6, 6.07) is 7.85. The molecule has 2 aromatic rings. The fourth-order valence-corrected chi connectivity index (χ4v) is 2.87. The Morgan fingerprint density at radius 3 is 2.87 bits per heavy atom. The van der Waals surface area contributed by atoms with Crippen molar-refractivity contribution in [3.63, 3.8) is 0 Å². The Bertz CT molecular complexity index is 701. The summed E-state index contributed by atoms with van der Waals surface area (Å²) in [5.41, 5.74) is 15.0. The lowest BCUT2D eigenvalue weighted by Gasteiger charge is -2.22. The average molecular weight is 313 g/mol. The summed E-state index contributed by atoms with van der Waals surface area (Å²) in [5.74, 6) is 2.66. The van der Waals surface area contributed by atoms with Crippen LogP contribution in [-0.4, -0.2) is 17.6 Å². The maximum absolute atomic E-state index is 6.06. The van der Waals surface area contributed by atoms with Crippen LogP contribution in [0, 0.1) is 5.92 Å². The smallest absolute Gasteiger partial charge is 0.131 e. The Balaban J connectivity index is 1.76. The molecule has 23 heavy (non-hydrogen) atoms. The monoisotopic (exact) mass is 313 g/mol. The zero-order valence-corrected chi connectivity index (χ0v) is 13.6. The van der Waals surface area contributed by atoms with Crippen molar-refractivity contribution in [1.29, 1.82) is 0 Å². The van der Waals surface area contributed by atoms with E-state index in [1.54, 1.807) is 6.20 Å². The largest absolute Gasteiger partial charge is 0.492 e. The Hall–Kier alpha value is -2.27. The molecule has 0 saturated heterocycles. The number of ether oxygens (including phenoxy) is 2. The molecule has 3 rings (SSSR count). The van der Waals surface area contributed by atoms with Crippen LogP contribution >= 0.6 is 0 Å². The summed E-state index contributed by atoms with van der Waals surface area (Å²) in [6.07, 6.45) is 2.67. The van der Waals surface area contributed by atoms with E-state index < -0.39 is 0 Å². The Kier molecular flexibility index (Phi) is 4.39. The minimum absolute atomic E-state index is 0.0403. The molecule has 2 heterocycles. The van der Waals surface area contributed by atoms with E-state index in [0.717, 1.165) is 34.6 Å². The van der Waals surface area contributed by atoms with Crippen LogP contribution in [0.1, 0.15) is 25.8 Å². The van der Waals surface area contributed by atoms with E-state index >= 15 is 0 Å². The molecule has 122 valence electrons. The number of hydrogen-bond acceptors (Lipinski definition) is 5. The molecular weight excluding hydrogens is 290 g/mol. The highest BCUT2D eigenvalue weighted by atomic mass is 16.5. The van der Waals surface area contributed by atoms with Gasteiger partial charge in [0.1, 0.15) is 30.5 Å². The number of fused-ring (bicyclic) bond motifs is 3. The van der Waals surface area contributed by atoms with Crippen molar-refractivity contribution in [2.75, 3.05) is 12.3 Å². The zero-order valence-electron chi connectivity index (χ0n) is 13.6. The van der Waals surface area contributed by atoms with Gasteiger partial charge in [-0.2, -0.15) is 0 Å². The van der Waals surface area contributed by atoms with E-state index in [-0.39, 0.29) is 6.04 Å². The number of rotatable bonds is 5. The molecule has 0 fully saturated rings. The number of hydrogen-bond donors (Lipinski definition) is 2. The molecule has 1 aliphatic rings. The second kappa shape index (κ2) is 6.46. The van der Waals surface area contributed by atoms with Crippen LogP contribution in [0.2, 0.25) is 0 Å². The van der Waals surface area contributed by atoms with Crippen molar-refractivity contribution in [3.8, 4) is 22.6 Å². The third-order valence-corrected chi connectivity index (χ3v) is 3.94. The fraction of sp³-hybridized carbons (Fsp3) is 0.389. The maximum atomic E-state index is 6.06. The highest BCUT2D eigenvalue weighted by Crippen LogP contribution is 2.40. The summed E-state index contributed by atoms with van der Waals surface area (Å²) in [7, 11) is 0. The number of pyridine rings is 1. The molecule has 0 unspecified atom stereocenters. The van der Waals surface area contributed by atoms with E-state index in [1.165, 1.54) is 0 Å². The first kappa shape index (κ1) is 15.6. The molecule has 0 aliphatic carbocycles. The summed E-state index contributed by atoms with van der Waals surface area (Å²) in [5, 5.41) is 0. The lowest BCUT2D eigenvalue weighted by molar-refractivity contribution is 0.266. The van der Waals surface area contributed by atoms with Crippen LogP contribution in [0.5, 0.6) is 11.5 Å². The first-order valence-corrected chi connectivity index (χ1v) is 7.93. The fourth-order valence-electron chi connectivity index (χ4n) is 2.87. The van der Waals surface area contributed by atoms with Crippen LogP contribution in [0.25, 0.3) is 11.1 Å². The molecule has 1 aromatic heterocycles. The van der Waals surface area contributed by atoms with Crippen LogP contribution < -0.4 is 20.9 Å². The van der Waals surface area contributed by atoms with E-state index in [9.17, 15) is 0 Å². The van der Waals surface area contributed by atoms with Crippen molar-refractivity contribution in [2.24, 2.45) is 11.7 Å². The average Bonchev–Trinajstić information content (AvgIpc) is 2.52. The van der Waals surface area contributed by atoms with Gasteiger partial charge in [-0.1, -0.05) is 13.8 Å². The molecule has 5 heteroatoms. The highest BCUT2D eigenvalue weighted by molar-refractivity contribution is 5.78. The quantitative estimate of drug-likeness (QED) is 0.886. The lowest BCUT2D eigenvalue weighted by Crippen LogP contribution is -2.29. The van der Waals surface area contributed by atoms with E-state index in [2.05, 4.69) is 18.8 Å². The standard InChI is InChI=1S/C18H23N3O2/c1-11(2)7-12(19)9-22-13-3-4-15-14-5-6-21-18(20)16(14)10-23-17(15)8-13/h3-6,8,11-12H,7,9-10,19H2,1-2H3,(H2,20,21)/t12-/m0/s1. The maximum Gasteiger partial charge on any atom is 0.131 e. The topological polar surface area (TPSA) is 83.4 Å². The van der Waals surface area contributed by atoms with Gasteiger partial charge in [-0.15, -0.1) is 0 Å². The van der Waals surface area contributed by atoms with Crippen LogP contribution in [-0.2, 0) is 6.61 Å². The van der Waals surface area contributed by atoms with Crippen LogP contribution in [0.4, 0.5) is 5.82 Å². The van der Waals surface area contributed by atoms with Gasteiger partial charge in [0.05, 0.1) is 0 Å². The number of nitrogens with zero attached hydrogens (tertiary/aromatic N) is 1. The molecule has 1 aliphatic heterocycles. The summed E-state index contributed by atoms with van der Waals surface area (Å²) in [6.45, 7) is 5.25. The van der Waals surface area contributed by atoms with E-state index in [4.69, 9.17) is 20.9 Å². The van der Waals surface area contributed by atoms with Gasteiger partial charge in [-0.25, -0.2) is 4.98 Å². The van der Waals surface area contributed by atoms with E-state index in [0.29, 0.717) is 24.9 Å². The Labute approximate surface area is 136 Å². The van der Waals surface area contributed by atoms with Crippen LogP contribution in [0.3, 0.4) is 0 Å². The van der Waals surface area contributed by atoms with Crippen molar-refractivity contribution < 1.29 is 9.47 Å². The van der Waals surface area contributed by atoms with Gasteiger partial charge in [0.15, 0.2) is 0 Å². The third-order valence-electron chi connectivity index (χ3n) is 3.94. The SMILES string of the molecule is CC(C)C[C@H](N)COc1ccc2c(c1)OCc1c-2ccnc1N. The number of anilines is 1. The highest BCUT2D eigenvalue weighted by Gasteiger charge is 2.20. The molecule has 0 amide bonds. The summed E-state index contributed by atoms with van der Waals surface area (Å²) in [4.78, 5) is 4.11. The number of benzene rings is 1. The first-order chi connectivity index (χ1) is 11.0. The van der Waals surface area contributed by atoms with Gasteiger partial charge in [-0.05, 0) is 36.1 Å². The third kappa shape index (κ3) is 3.40. The van der Waals surface area contributed by atoms with Gasteiger partial charge in [0.25, 0.3) is 0 Å². The van der Waals surface area contributed by atoms with Gasteiger partial charge >= 0.3 is 0 Å².